The lowest BCUT2D eigenvalue weighted by Crippen LogP contribution is -2.41. The maximum atomic E-state index is 14.0. The summed E-state index contributed by atoms with van der Waals surface area (Å²) in [5, 5.41) is -1.38. The van der Waals surface area contributed by atoms with Crippen LogP contribution in [0, 0.1) is 5.92 Å². The first-order valence-corrected chi connectivity index (χ1v) is 15.3. The van der Waals surface area contributed by atoms with Gasteiger partial charge in [0.05, 0.1) is 32.5 Å². The van der Waals surface area contributed by atoms with Crippen LogP contribution in [0.1, 0.15) is 18.4 Å². The Hall–Kier alpha value is -3.01. The molecule has 3 aromatic rings. The third kappa shape index (κ3) is 5.21. The van der Waals surface area contributed by atoms with Crippen LogP contribution in [-0.4, -0.2) is 34.7 Å². The van der Waals surface area contributed by atoms with Gasteiger partial charge < -0.3 is 4.74 Å². The second-order valence-electron chi connectivity index (χ2n) is 8.50. The number of ether oxygens (including phenoxy) is 1. The fourth-order valence-electron chi connectivity index (χ4n) is 4.55. The van der Waals surface area contributed by atoms with E-state index >= 15 is 0 Å². The predicted molar refractivity (Wildman–Crippen MR) is 145 cm³/mol. The van der Waals surface area contributed by atoms with Crippen molar-refractivity contribution in [2.75, 3.05) is 6.61 Å². The zero-order valence-electron chi connectivity index (χ0n) is 20.0. The van der Waals surface area contributed by atoms with Crippen LogP contribution in [0.4, 0.5) is 0 Å². The van der Waals surface area contributed by atoms with Gasteiger partial charge in [-0.25, -0.2) is 16.8 Å². The van der Waals surface area contributed by atoms with Crippen LogP contribution in [0.25, 0.3) is 0 Å². The third-order valence-corrected chi connectivity index (χ3v) is 10.8. The number of halogens is 1. The molecular weight excluding hydrogens is 576 g/mol. The Labute approximate surface area is 225 Å². The number of benzene rings is 3. The van der Waals surface area contributed by atoms with Crippen LogP contribution in [-0.2, 0) is 29.2 Å². The Morgan fingerprint density at radius 3 is 1.95 bits per heavy atom. The molecule has 0 amide bonds. The largest absolute Gasteiger partial charge is 0.466 e. The molecule has 0 fully saturated rings. The minimum absolute atomic E-state index is 0.00488. The van der Waals surface area contributed by atoms with E-state index in [0.29, 0.717) is 5.56 Å². The van der Waals surface area contributed by atoms with Gasteiger partial charge in [-0.05, 0) is 60.5 Å². The lowest BCUT2D eigenvalue weighted by molar-refractivity contribution is -0.147. The Morgan fingerprint density at radius 2 is 1.41 bits per heavy atom. The fraction of sp³-hybridized carbons (Fsp3) is 0.179. The average molecular weight is 602 g/mol. The van der Waals surface area contributed by atoms with Crippen molar-refractivity contribution >= 4 is 41.6 Å². The van der Waals surface area contributed by atoms with Crippen LogP contribution in [0.5, 0.6) is 0 Å². The second-order valence-corrected chi connectivity index (χ2v) is 13.4. The smallest absolute Gasteiger partial charge is 0.314 e. The topological polar surface area (TPSA) is 94.6 Å². The van der Waals surface area contributed by atoms with Crippen molar-refractivity contribution in [2.45, 2.75) is 27.9 Å². The fourth-order valence-corrected chi connectivity index (χ4v) is 8.33. The van der Waals surface area contributed by atoms with Crippen LogP contribution >= 0.6 is 15.9 Å². The highest BCUT2D eigenvalue weighted by molar-refractivity contribution is 9.10. The summed E-state index contributed by atoms with van der Waals surface area (Å²) in [7, 11) is -8.35. The van der Waals surface area contributed by atoms with E-state index in [1.54, 1.807) is 67.6 Å². The van der Waals surface area contributed by atoms with Gasteiger partial charge in [-0.2, -0.15) is 0 Å². The lowest BCUT2D eigenvalue weighted by Gasteiger charge is -2.37. The Bertz CT molecular complexity index is 1550. The monoisotopic (exact) mass is 600 g/mol. The normalized spacial score (nSPS) is 20.2. The molecule has 0 aliphatic heterocycles. The van der Waals surface area contributed by atoms with Gasteiger partial charge in [-0.1, -0.05) is 71.0 Å². The van der Waals surface area contributed by atoms with Gasteiger partial charge in [0.1, 0.15) is 0 Å². The maximum absolute atomic E-state index is 14.0. The van der Waals surface area contributed by atoms with Crippen LogP contribution in [0.15, 0.2) is 122 Å². The molecule has 0 aromatic heterocycles. The van der Waals surface area contributed by atoms with Gasteiger partial charge in [0.15, 0.2) is 9.84 Å². The third-order valence-electron chi connectivity index (χ3n) is 6.29. The Kier molecular flexibility index (Phi) is 7.87. The van der Waals surface area contributed by atoms with E-state index in [1.807, 2.05) is 0 Å². The summed E-state index contributed by atoms with van der Waals surface area (Å²) in [5.74, 6) is -2.95. The Balaban J connectivity index is 2.03. The van der Waals surface area contributed by atoms with E-state index in [-0.39, 0.29) is 26.9 Å². The van der Waals surface area contributed by atoms with E-state index in [1.165, 1.54) is 30.3 Å². The predicted octanol–water partition coefficient (Wildman–Crippen LogP) is 5.48. The number of rotatable bonds is 7. The summed E-state index contributed by atoms with van der Waals surface area (Å²) in [6, 6.07) is 22.4. The molecule has 0 N–H and O–H groups in total. The summed E-state index contributed by atoms with van der Waals surface area (Å²) < 4.78 is 61.7. The van der Waals surface area contributed by atoms with Crippen molar-refractivity contribution in [3.8, 4) is 0 Å². The molecule has 0 radical (unpaired) electrons. The summed E-state index contributed by atoms with van der Waals surface area (Å²) >= 11 is 3.38. The van der Waals surface area contributed by atoms with Gasteiger partial charge >= 0.3 is 5.97 Å². The summed E-state index contributed by atoms with van der Waals surface area (Å²) in [6.07, 6.45) is 1.23. The van der Waals surface area contributed by atoms with Crippen molar-refractivity contribution in [3.05, 3.63) is 118 Å². The van der Waals surface area contributed by atoms with Gasteiger partial charge in [-0.3, -0.25) is 4.79 Å². The zero-order valence-corrected chi connectivity index (χ0v) is 23.2. The highest BCUT2D eigenvalue weighted by atomic mass is 79.9. The number of carbonyl (C=O) groups excluding carboxylic acids is 1. The molecule has 6 nitrogen and oxygen atoms in total. The SMILES string of the molecule is C=C1C(S(=O)(=O)c2ccccc2)=CC(S(=O)(=O)c2ccccc2)C(c2ccc(Br)cc2)C1C(=O)OCC. The quantitative estimate of drug-likeness (QED) is 0.333. The van der Waals surface area contributed by atoms with Gasteiger partial charge in [-0.15, -0.1) is 0 Å². The molecule has 9 heteroatoms. The first-order chi connectivity index (χ1) is 17.6. The van der Waals surface area contributed by atoms with Crippen LogP contribution in [0.3, 0.4) is 0 Å². The molecule has 37 heavy (non-hydrogen) atoms. The number of carbonyl (C=O) groups is 1. The second kappa shape index (κ2) is 10.8. The first-order valence-electron chi connectivity index (χ1n) is 11.5. The molecule has 3 aromatic carbocycles. The zero-order chi connectivity index (χ0) is 26.8. The van der Waals surface area contributed by atoms with E-state index in [4.69, 9.17) is 4.74 Å². The number of allylic oxidation sites excluding steroid dienone is 1. The molecule has 192 valence electrons. The molecule has 3 atom stereocenters. The molecule has 4 rings (SSSR count). The minimum atomic E-state index is -4.20. The molecular formula is C28H25BrO6S2. The van der Waals surface area contributed by atoms with Gasteiger partial charge in [0, 0.05) is 10.4 Å². The lowest BCUT2D eigenvalue weighted by atomic mass is 9.75. The first kappa shape index (κ1) is 27.0. The molecule has 0 saturated carbocycles. The van der Waals surface area contributed by atoms with E-state index in [2.05, 4.69) is 22.5 Å². The average Bonchev–Trinajstić information content (AvgIpc) is 2.89. The highest BCUT2D eigenvalue weighted by Crippen LogP contribution is 2.47. The number of sulfone groups is 2. The molecule has 0 heterocycles. The molecule has 0 bridgehead atoms. The number of hydrogen-bond donors (Lipinski definition) is 0. The summed E-state index contributed by atoms with van der Waals surface area (Å²) in [4.78, 5) is 13.1. The number of hydrogen-bond acceptors (Lipinski definition) is 6. The molecule has 1 aliphatic rings. The van der Waals surface area contributed by atoms with Crippen molar-refractivity contribution < 1.29 is 26.4 Å². The molecule has 0 saturated heterocycles. The van der Waals surface area contributed by atoms with Crippen molar-refractivity contribution in [1.82, 2.24) is 0 Å². The minimum Gasteiger partial charge on any atom is -0.466 e. The van der Waals surface area contributed by atoms with Crippen molar-refractivity contribution in [2.24, 2.45) is 5.92 Å². The van der Waals surface area contributed by atoms with Crippen LogP contribution < -0.4 is 0 Å². The van der Waals surface area contributed by atoms with E-state index in [0.717, 1.165) is 4.47 Å². The summed E-state index contributed by atoms with van der Waals surface area (Å²) in [5.41, 5.74) is 0.536. The van der Waals surface area contributed by atoms with E-state index < -0.39 is 42.7 Å². The standard InChI is InChI=1S/C28H25BrO6S2/c1-3-35-28(30)26-19(2)24(36(31,32)22-10-6-4-7-11-22)18-25(27(26)20-14-16-21(29)17-15-20)37(33,34)23-12-8-5-9-13-23/h4-18,25-27H,2-3H2,1H3. The molecule has 1 aliphatic carbocycles. The maximum Gasteiger partial charge on any atom is 0.314 e. The summed E-state index contributed by atoms with van der Waals surface area (Å²) in [6.45, 7) is 5.67. The molecule has 0 spiro atoms. The van der Waals surface area contributed by atoms with Crippen molar-refractivity contribution in [1.29, 1.82) is 0 Å². The van der Waals surface area contributed by atoms with Crippen LogP contribution in [0.2, 0.25) is 0 Å². The molecule has 3 unspecified atom stereocenters. The number of esters is 1. The highest BCUT2D eigenvalue weighted by Gasteiger charge is 2.49. The van der Waals surface area contributed by atoms with Gasteiger partial charge in [0.2, 0.25) is 9.84 Å². The van der Waals surface area contributed by atoms with Gasteiger partial charge in [0.25, 0.3) is 0 Å². The Morgan fingerprint density at radius 1 is 0.865 bits per heavy atom. The van der Waals surface area contributed by atoms with Crippen molar-refractivity contribution in [3.63, 3.8) is 0 Å². The van der Waals surface area contributed by atoms with E-state index in [9.17, 15) is 21.6 Å².